The molecule has 22 heavy (non-hydrogen) atoms. The number of benzene rings is 1. The van der Waals surface area contributed by atoms with Crippen molar-refractivity contribution in [1.82, 2.24) is 15.5 Å². The molecule has 0 amide bonds. The molecule has 0 spiro atoms. The fourth-order valence-corrected chi connectivity index (χ4v) is 3.80. The van der Waals surface area contributed by atoms with Gasteiger partial charge in [0.1, 0.15) is 0 Å². The summed E-state index contributed by atoms with van der Waals surface area (Å²) in [5.74, 6) is 1.00. The third-order valence-corrected chi connectivity index (χ3v) is 4.87. The first kappa shape index (κ1) is 13.7. The number of piperidine rings is 1. The lowest BCUT2D eigenvalue weighted by molar-refractivity contribution is 0.374. The van der Waals surface area contributed by atoms with E-state index in [-0.39, 0.29) is 0 Å². The molecule has 114 valence electrons. The molecule has 0 unspecified atom stereocenters. The van der Waals surface area contributed by atoms with Gasteiger partial charge in [0.2, 0.25) is 0 Å². The highest BCUT2D eigenvalue weighted by molar-refractivity contribution is 5.38. The summed E-state index contributed by atoms with van der Waals surface area (Å²) in [6, 6.07) is 13.9. The number of aromatic nitrogens is 2. The molecule has 4 nitrogen and oxygen atoms in total. The quantitative estimate of drug-likeness (QED) is 0.945. The smallest absolute Gasteiger partial charge is 0.151 e. The second-order valence-electron chi connectivity index (χ2n) is 6.32. The zero-order valence-electron chi connectivity index (χ0n) is 12.8. The fraction of sp³-hybridized carbons (Fsp3) is 0.444. The lowest BCUT2D eigenvalue weighted by Crippen LogP contribution is -2.47. The molecule has 1 aliphatic carbocycles. The van der Waals surface area contributed by atoms with Crippen LogP contribution in [-0.2, 0) is 6.42 Å². The van der Waals surface area contributed by atoms with Crippen molar-refractivity contribution in [3.63, 3.8) is 0 Å². The van der Waals surface area contributed by atoms with E-state index in [1.165, 1.54) is 36.8 Å². The van der Waals surface area contributed by atoms with Gasteiger partial charge in [-0.05, 0) is 48.9 Å². The molecule has 4 heteroatoms. The molecule has 4 rings (SSSR count). The summed E-state index contributed by atoms with van der Waals surface area (Å²) in [5, 5.41) is 12.1. The van der Waals surface area contributed by atoms with Crippen LogP contribution in [0.3, 0.4) is 0 Å². The maximum absolute atomic E-state index is 4.25. The van der Waals surface area contributed by atoms with E-state index in [2.05, 4.69) is 50.7 Å². The van der Waals surface area contributed by atoms with Crippen LogP contribution in [0.25, 0.3) is 0 Å². The van der Waals surface area contributed by atoms with Gasteiger partial charge in [-0.1, -0.05) is 24.3 Å². The van der Waals surface area contributed by atoms with E-state index in [1.54, 1.807) is 6.20 Å². The van der Waals surface area contributed by atoms with E-state index in [9.17, 15) is 0 Å². The summed E-state index contributed by atoms with van der Waals surface area (Å²) in [6.45, 7) is 2.11. The Kier molecular flexibility index (Phi) is 3.77. The van der Waals surface area contributed by atoms with Gasteiger partial charge in [-0.2, -0.15) is 5.10 Å². The Morgan fingerprint density at radius 2 is 2.05 bits per heavy atom. The second kappa shape index (κ2) is 6.05. The van der Waals surface area contributed by atoms with Crippen LogP contribution in [0.1, 0.15) is 36.4 Å². The van der Waals surface area contributed by atoms with Gasteiger partial charge in [0, 0.05) is 31.4 Å². The molecule has 1 aliphatic heterocycles. The number of fused-ring (bicyclic) bond motifs is 1. The summed E-state index contributed by atoms with van der Waals surface area (Å²) in [5.41, 5.74) is 3.01. The van der Waals surface area contributed by atoms with Crippen molar-refractivity contribution in [3.8, 4) is 0 Å². The number of aryl methyl sites for hydroxylation is 1. The van der Waals surface area contributed by atoms with Crippen LogP contribution in [0.2, 0.25) is 0 Å². The molecule has 2 aromatic rings. The monoisotopic (exact) mass is 294 g/mol. The van der Waals surface area contributed by atoms with Crippen molar-refractivity contribution >= 4 is 5.82 Å². The van der Waals surface area contributed by atoms with Crippen LogP contribution in [0.4, 0.5) is 5.82 Å². The van der Waals surface area contributed by atoms with Crippen LogP contribution >= 0.6 is 0 Å². The number of anilines is 1. The average Bonchev–Trinajstić information content (AvgIpc) is 2.99. The van der Waals surface area contributed by atoms with Gasteiger partial charge in [-0.3, -0.25) is 0 Å². The minimum Gasteiger partial charge on any atom is -0.354 e. The molecule has 1 aromatic heterocycles. The molecular formula is C18H22N4. The van der Waals surface area contributed by atoms with E-state index in [1.807, 2.05) is 6.07 Å². The molecule has 0 saturated carbocycles. The molecule has 2 aliphatic rings. The Hall–Kier alpha value is -1.94. The summed E-state index contributed by atoms with van der Waals surface area (Å²) >= 11 is 0. The number of hydrogen-bond donors (Lipinski definition) is 1. The first-order chi connectivity index (χ1) is 10.9. The Balaban J connectivity index is 1.44. The van der Waals surface area contributed by atoms with E-state index < -0.39 is 0 Å². The van der Waals surface area contributed by atoms with Crippen LogP contribution in [-0.4, -0.2) is 29.3 Å². The Labute approximate surface area is 131 Å². The van der Waals surface area contributed by atoms with E-state index in [0.29, 0.717) is 12.1 Å². The summed E-state index contributed by atoms with van der Waals surface area (Å²) in [6.07, 6.45) is 6.62. The largest absolute Gasteiger partial charge is 0.354 e. The lowest BCUT2D eigenvalue weighted by Gasteiger charge is -2.35. The predicted molar refractivity (Wildman–Crippen MR) is 87.9 cm³/mol. The SMILES string of the molecule is c1cnnc(N2CCC[C@H](N[C@@H]3CCc4ccccc43)C2)c1. The third kappa shape index (κ3) is 2.71. The van der Waals surface area contributed by atoms with Gasteiger partial charge < -0.3 is 10.2 Å². The van der Waals surface area contributed by atoms with Crippen LogP contribution in [0.5, 0.6) is 0 Å². The van der Waals surface area contributed by atoms with Crippen molar-refractivity contribution in [3.05, 3.63) is 53.7 Å². The topological polar surface area (TPSA) is 41.1 Å². The minimum atomic E-state index is 0.517. The van der Waals surface area contributed by atoms with Gasteiger partial charge in [-0.15, -0.1) is 5.10 Å². The molecule has 2 atom stereocenters. The molecule has 0 radical (unpaired) electrons. The Morgan fingerprint density at radius 1 is 1.09 bits per heavy atom. The normalized spacial score (nSPS) is 24.3. The molecule has 1 fully saturated rings. The highest BCUT2D eigenvalue weighted by atomic mass is 15.3. The van der Waals surface area contributed by atoms with Crippen molar-refractivity contribution in [2.45, 2.75) is 37.8 Å². The molecule has 1 N–H and O–H groups in total. The standard InChI is InChI=1S/C18H22N4/c1-2-7-16-14(5-1)9-10-17(16)20-15-6-4-12-22(13-15)18-8-3-11-19-21-18/h1-3,5,7-8,11,15,17,20H,4,6,9-10,12-13H2/t15-,17+/m0/s1. The summed E-state index contributed by atoms with van der Waals surface area (Å²) in [4.78, 5) is 2.36. The molecule has 2 heterocycles. The Bertz CT molecular complexity index is 628. The third-order valence-electron chi connectivity index (χ3n) is 4.87. The lowest BCUT2D eigenvalue weighted by atomic mass is 10.0. The van der Waals surface area contributed by atoms with Crippen LogP contribution in [0.15, 0.2) is 42.6 Å². The average molecular weight is 294 g/mol. The summed E-state index contributed by atoms with van der Waals surface area (Å²) < 4.78 is 0. The van der Waals surface area contributed by atoms with Crippen LogP contribution < -0.4 is 10.2 Å². The molecule has 0 bridgehead atoms. The van der Waals surface area contributed by atoms with Crippen molar-refractivity contribution in [2.24, 2.45) is 0 Å². The maximum atomic E-state index is 4.25. The van der Waals surface area contributed by atoms with E-state index >= 15 is 0 Å². The van der Waals surface area contributed by atoms with Gasteiger partial charge in [0.05, 0.1) is 0 Å². The second-order valence-corrected chi connectivity index (χ2v) is 6.32. The van der Waals surface area contributed by atoms with Crippen LogP contribution in [0, 0.1) is 0 Å². The predicted octanol–water partition coefficient (Wildman–Crippen LogP) is 2.72. The number of rotatable bonds is 3. The van der Waals surface area contributed by atoms with E-state index in [4.69, 9.17) is 0 Å². The first-order valence-corrected chi connectivity index (χ1v) is 8.26. The van der Waals surface area contributed by atoms with Crippen molar-refractivity contribution in [2.75, 3.05) is 18.0 Å². The van der Waals surface area contributed by atoms with Gasteiger partial charge in [0.15, 0.2) is 5.82 Å². The van der Waals surface area contributed by atoms with Gasteiger partial charge in [-0.25, -0.2) is 0 Å². The zero-order chi connectivity index (χ0) is 14.8. The summed E-state index contributed by atoms with van der Waals surface area (Å²) in [7, 11) is 0. The van der Waals surface area contributed by atoms with Gasteiger partial charge >= 0.3 is 0 Å². The highest BCUT2D eigenvalue weighted by Gasteiger charge is 2.27. The maximum Gasteiger partial charge on any atom is 0.151 e. The minimum absolute atomic E-state index is 0.517. The van der Waals surface area contributed by atoms with Crippen molar-refractivity contribution < 1.29 is 0 Å². The number of nitrogens with one attached hydrogen (secondary N) is 1. The van der Waals surface area contributed by atoms with Gasteiger partial charge in [0.25, 0.3) is 0 Å². The number of nitrogens with zero attached hydrogens (tertiary/aromatic N) is 3. The molecule has 1 aromatic carbocycles. The molecular weight excluding hydrogens is 272 g/mol. The van der Waals surface area contributed by atoms with E-state index in [0.717, 1.165) is 18.9 Å². The zero-order valence-corrected chi connectivity index (χ0v) is 12.8. The fourth-order valence-electron chi connectivity index (χ4n) is 3.80. The molecule has 1 saturated heterocycles. The highest BCUT2D eigenvalue weighted by Crippen LogP contribution is 2.32. The Morgan fingerprint density at radius 3 is 2.95 bits per heavy atom. The first-order valence-electron chi connectivity index (χ1n) is 8.26. The number of hydrogen-bond acceptors (Lipinski definition) is 4. The van der Waals surface area contributed by atoms with Crippen molar-refractivity contribution in [1.29, 1.82) is 0 Å².